The first-order valence-electron chi connectivity index (χ1n) is 8.43. The van der Waals surface area contributed by atoms with Crippen LogP contribution in [0.3, 0.4) is 0 Å². The predicted molar refractivity (Wildman–Crippen MR) is 97.7 cm³/mol. The van der Waals surface area contributed by atoms with Gasteiger partial charge in [0.25, 0.3) is 0 Å². The zero-order chi connectivity index (χ0) is 17.8. The van der Waals surface area contributed by atoms with Crippen LogP contribution < -0.4 is 11.1 Å². The van der Waals surface area contributed by atoms with E-state index in [-0.39, 0.29) is 11.7 Å². The summed E-state index contributed by atoms with van der Waals surface area (Å²) in [6.07, 6.45) is 1.93. The molecule has 1 heterocycles. The number of carbonyl (C=O) groups is 1. The highest BCUT2D eigenvalue weighted by Crippen LogP contribution is 2.14. The van der Waals surface area contributed by atoms with Crippen molar-refractivity contribution < 1.29 is 9.21 Å². The number of carbonyl (C=O) groups excluding carboxylic acids is 1. The second kappa shape index (κ2) is 7.38. The first-order chi connectivity index (χ1) is 12.0. The van der Waals surface area contributed by atoms with E-state index in [1.807, 2.05) is 30.3 Å². The Kier molecular flexibility index (Phi) is 5.03. The van der Waals surface area contributed by atoms with Gasteiger partial charge in [-0.1, -0.05) is 35.9 Å². The fourth-order valence-corrected chi connectivity index (χ4v) is 2.89. The average molecular weight is 338 g/mol. The number of nitrogens with one attached hydrogen (secondary N) is 1. The number of benzene rings is 2. The van der Waals surface area contributed by atoms with Crippen LogP contribution in [0.2, 0.25) is 0 Å². The maximum absolute atomic E-state index is 12.0. The summed E-state index contributed by atoms with van der Waals surface area (Å²) in [6, 6.07) is 13.9. The maximum atomic E-state index is 12.0. The lowest BCUT2D eigenvalue weighted by Gasteiger charge is -2.06. The molecule has 130 valence electrons. The summed E-state index contributed by atoms with van der Waals surface area (Å²) in [4.78, 5) is 23.5. The van der Waals surface area contributed by atoms with Gasteiger partial charge >= 0.3 is 5.76 Å². The van der Waals surface area contributed by atoms with Gasteiger partial charge in [-0.2, -0.15) is 0 Å². The van der Waals surface area contributed by atoms with Gasteiger partial charge in [-0.25, -0.2) is 4.79 Å². The first kappa shape index (κ1) is 17.0. The first-order valence-corrected chi connectivity index (χ1v) is 8.43. The highest BCUT2D eigenvalue weighted by molar-refractivity contribution is 5.76. The van der Waals surface area contributed by atoms with E-state index in [4.69, 9.17) is 4.42 Å². The van der Waals surface area contributed by atoms with Gasteiger partial charge in [0, 0.05) is 20.0 Å². The van der Waals surface area contributed by atoms with Gasteiger partial charge in [-0.15, -0.1) is 0 Å². The molecule has 0 radical (unpaired) electrons. The minimum absolute atomic E-state index is 0.0498. The van der Waals surface area contributed by atoms with Crippen molar-refractivity contribution in [2.24, 2.45) is 7.05 Å². The van der Waals surface area contributed by atoms with Crippen molar-refractivity contribution in [1.29, 1.82) is 0 Å². The second-order valence-electron chi connectivity index (χ2n) is 6.32. The number of nitrogens with zero attached hydrogens (tertiary/aromatic N) is 1. The number of hydrogen-bond acceptors (Lipinski definition) is 3. The Balaban J connectivity index is 1.49. The smallest absolute Gasteiger partial charge is 0.408 e. The number of aryl methyl sites for hydroxylation is 3. The highest BCUT2D eigenvalue weighted by Gasteiger charge is 2.07. The van der Waals surface area contributed by atoms with E-state index < -0.39 is 0 Å². The molecule has 2 aromatic carbocycles. The van der Waals surface area contributed by atoms with Gasteiger partial charge in [-0.3, -0.25) is 9.36 Å². The maximum Gasteiger partial charge on any atom is 0.419 e. The molecule has 0 aliphatic rings. The molecule has 3 aromatic rings. The van der Waals surface area contributed by atoms with Crippen LogP contribution in [0.5, 0.6) is 0 Å². The third kappa shape index (κ3) is 4.18. The zero-order valence-corrected chi connectivity index (χ0v) is 14.5. The van der Waals surface area contributed by atoms with Gasteiger partial charge in [0.2, 0.25) is 5.91 Å². The van der Waals surface area contributed by atoms with E-state index in [2.05, 4.69) is 24.4 Å². The minimum atomic E-state index is -0.364. The van der Waals surface area contributed by atoms with Crippen molar-refractivity contribution in [1.82, 2.24) is 9.88 Å². The van der Waals surface area contributed by atoms with Crippen molar-refractivity contribution in [2.75, 3.05) is 6.54 Å². The van der Waals surface area contributed by atoms with Crippen LogP contribution in [0.15, 0.2) is 51.7 Å². The van der Waals surface area contributed by atoms with Crippen LogP contribution in [0.4, 0.5) is 0 Å². The Labute approximate surface area is 146 Å². The normalized spacial score (nSPS) is 11.0. The van der Waals surface area contributed by atoms with Crippen molar-refractivity contribution in [3.63, 3.8) is 0 Å². The Morgan fingerprint density at radius 1 is 1.12 bits per heavy atom. The Morgan fingerprint density at radius 3 is 2.72 bits per heavy atom. The molecular weight excluding hydrogens is 316 g/mol. The molecule has 0 aliphatic heterocycles. The van der Waals surface area contributed by atoms with Crippen LogP contribution in [-0.4, -0.2) is 17.0 Å². The van der Waals surface area contributed by atoms with Crippen molar-refractivity contribution in [2.45, 2.75) is 26.2 Å². The van der Waals surface area contributed by atoms with E-state index in [1.54, 1.807) is 7.05 Å². The molecule has 0 spiro atoms. The number of amides is 1. The molecule has 0 atom stereocenters. The fraction of sp³-hybridized carbons (Fsp3) is 0.300. The van der Waals surface area contributed by atoms with E-state index in [9.17, 15) is 9.59 Å². The minimum Gasteiger partial charge on any atom is -0.408 e. The summed E-state index contributed by atoms with van der Waals surface area (Å²) >= 11 is 0. The van der Waals surface area contributed by atoms with Crippen LogP contribution in [0.25, 0.3) is 11.1 Å². The average Bonchev–Trinajstić information content (AvgIpc) is 2.87. The number of rotatable bonds is 6. The molecule has 0 aliphatic carbocycles. The summed E-state index contributed by atoms with van der Waals surface area (Å²) in [6.45, 7) is 2.62. The summed E-state index contributed by atoms with van der Waals surface area (Å²) in [5.41, 5.74) is 4.77. The van der Waals surface area contributed by atoms with Gasteiger partial charge in [0.15, 0.2) is 5.58 Å². The summed E-state index contributed by atoms with van der Waals surface area (Å²) in [5.74, 6) is -0.314. The molecular formula is C20H22N2O3. The number of oxazole rings is 1. The molecule has 1 N–H and O–H groups in total. The standard InChI is InChI=1S/C20H22N2O3/c1-14-4-3-5-15(12-14)7-9-19(23)21-11-10-16-6-8-17-18(13-16)25-20(24)22(17)2/h3-6,8,12-13H,7,9-11H2,1-2H3,(H,21,23). The topological polar surface area (TPSA) is 64.2 Å². The molecule has 0 saturated carbocycles. The molecule has 25 heavy (non-hydrogen) atoms. The lowest BCUT2D eigenvalue weighted by atomic mass is 10.1. The Bertz CT molecular complexity index is 953. The molecule has 0 fully saturated rings. The van der Waals surface area contributed by atoms with E-state index in [1.165, 1.54) is 15.7 Å². The molecule has 1 aromatic heterocycles. The molecule has 0 bridgehead atoms. The Hall–Kier alpha value is -2.82. The quantitative estimate of drug-likeness (QED) is 0.752. The van der Waals surface area contributed by atoms with Gasteiger partial charge in [0.05, 0.1) is 5.52 Å². The predicted octanol–water partition coefficient (Wildman–Crippen LogP) is 2.73. The SMILES string of the molecule is Cc1cccc(CCC(=O)NCCc2ccc3c(c2)oc(=O)n3C)c1. The third-order valence-electron chi connectivity index (χ3n) is 4.32. The van der Waals surface area contributed by atoms with Crippen molar-refractivity contribution >= 4 is 17.0 Å². The number of hydrogen-bond donors (Lipinski definition) is 1. The molecule has 5 nitrogen and oxygen atoms in total. The summed E-state index contributed by atoms with van der Waals surface area (Å²) < 4.78 is 6.66. The van der Waals surface area contributed by atoms with Gasteiger partial charge in [-0.05, 0) is 43.0 Å². The van der Waals surface area contributed by atoms with E-state index in [0.29, 0.717) is 25.0 Å². The molecule has 3 rings (SSSR count). The lowest BCUT2D eigenvalue weighted by molar-refractivity contribution is -0.121. The molecule has 1 amide bonds. The van der Waals surface area contributed by atoms with Gasteiger partial charge < -0.3 is 9.73 Å². The number of aromatic nitrogens is 1. The molecule has 5 heteroatoms. The van der Waals surface area contributed by atoms with Gasteiger partial charge in [0.1, 0.15) is 0 Å². The van der Waals surface area contributed by atoms with Crippen molar-refractivity contribution in [3.8, 4) is 0 Å². The Morgan fingerprint density at radius 2 is 1.92 bits per heavy atom. The summed E-state index contributed by atoms with van der Waals surface area (Å²) in [5, 5.41) is 2.94. The van der Waals surface area contributed by atoms with E-state index in [0.717, 1.165) is 17.5 Å². The monoisotopic (exact) mass is 338 g/mol. The fourth-order valence-electron chi connectivity index (χ4n) is 2.89. The van der Waals surface area contributed by atoms with Crippen molar-refractivity contribution in [3.05, 3.63) is 69.7 Å². The number of fused-ring (bicyclic) bond motifs is 1. The largest absolute Gasteiger partial charge is 0.419 e. The third-order valence-corrected chi connectivity index (χ3v) is 4.32. The second-order valence-corrected chi connectivity index (χ2v) is 6.32. The van der Waals surface area contributed by atoms with Crippen LogP contribution in [0, 0.1) is 6.92 Å². The lowest BCUT2D eigenvalue weighted by Crippen LogP contribution is -2.25. The van der Waals surface area contributed by atoms with Crippen LogP contribution >= 0.6 is 0 Å². The van der Waals surface area contributed by atoms with Crippen LogP contribution in [-0.2, 0) is 24.7 Å². The molecule has 0 unspecified atom stereocenters. The zero-order valence-electron chi connectivity index (χ0n) is 14.5. The summed E-state index contributed by atoms with van der Waals surface area (Å²) in [7, 11) is 1.68. The van der Waals surface area contributed by atoms with E-state index >= 15 is 0 Å². The van der Waals surface area contributed by atoms with Crippen LogP contribution in [0.1, 0.15) is 23.1 Å². The molecule has 0 saturated heterocycles. The highest BCUT2D eigenvalue weighted by atomic mass is 16.4.